The van der Waals surface area contributed by atoms with Crippen molar-refractivity contribution >= 4 is 27.8 Å². The van der Waals surface area contributed by atoms with Crippen LogP contribution in [0.3, 0.4) is 0 Å². The molecule has 0 atom stereocenters. The Kier molecular flexibility index (Phi) is 2.60. The minimum atomic E-state index is 0.695. The van der Waals surface area contributed by atoms with Crippen molar-refractivity contribution in [1.29, 1.82) is 0 Å². The molecule has 0 aliphatic rings. The summed E-state index contributed by atoms with van der Waals surface area (Å²) in [7, 11) is 0. The van der Waals surface area contributed by atoms with E-state index in [1.54, 1.807) is 17.5 Å². The molecule has 3 nitrogen and oxygen atoms in total. The molecule has 2 rings (SSSR count). The van der Waals surface area contributed by atoms with Gasteiger partial charge in [-0.1, -0.05) is 0 Å². The van der Waals surface area contributed by atoms with E-state index in [1.807, 2.05) is 13.0 Å². The average molecular weight is 219 g/mol. The second kappa shape index (κ2) is 3.90. The number of nitrogens with two attached hydrogens (primary N) is 1. The number of nitrogens with zero attached hydrogens (tertiary/aromatic N) is 1. The molecule has 0 unspecified atom stereocenters. The molecule has 0 aliphatic heterocycles. The summed E-state index contributed by atoms with van der Waals surface area (Å²) in [5.41, 5.74) is 8.63. The molecular weight excluding hydrogens is 206 g/mol. The minimum Gasteiger partial charge on any atom is -0.397 e. The van der Waals surface area contributed by atoms with Gasteiger partial charge in [0.05, 0.1) is 16.9 Å². The highest BCUT2D eigenvalue weighted by Gasteiger charge is 2.03. The van der Waals surface area contributed by atoms with Crippen molar-refractivity contribution in [3.8, 4) is 0 Å². The van der Waals surface area contributed by atoms with E-state index in [2.05, 4.69) is 28.7 Å². The molecule has 15 heavy (non-hydrogen) atoms. The first-order valence-corrected chi connectivity index (χ1v) is 5.58. The van der Waals surface area contributed by atoms with Gasteiger partial charge in [0.25, 0.3) is 0 Å². The Morgan fingerprint density at radius 1 is 1.33 bits per heavy atom. The Balaban J connectivity index is 2.29. The highest BCUT2D eigenvalue weighted by atomic mass is 32.1. The van der Waals surface area contributed by atoms with Gasteiger partial charge in [-0.25, -0.2) is 4.98 Å². The molecule has 0 fully saturated rings. The maximum absolute atomic E-state index is 5.64. The monoisotopic (exact) mass is 219 g/mol. The number of aromatic nitrogens is 1. The van der Waals surface area contributed by atoms with Crippen LogP contribution in [0.25, 0.3) is 0 Å². The van der Waals surface area contributed by atoms with E-state index in [4.69, 9.17) is 5.73 Å². The number of aryl methyl sites for hydroxylation is 2. The molecule has 0 radical (unpaired) electrons. The number of anilines is 3. The van der Waals surface area contributed by atoms with Crippen molar-refractivity contribution in [2.75, 3.05) is 11.1 Å². The lowest BCUT2D eigenvalue weighted by Crippen LogP contribution is -1.97. The average Bonchev–Trinajstić information content (AvgIpc) is 2.57. The third-order valence-corrected chi connectivity index (χ3v) is 3.13. The lowest BCUT2D eigenvalue weighted by molar-refractivity contribution is 1.26. The first-order chi connectivity index (χ1) is 7.16. The standard InChI is InChI=1S/C11H13N3S/c1-7-3-4-15-11(7)14-10-8(2)5-9(12)6-13-10/h3-6H,12H2,1-2H3,(H,13,14). The van der Waals surface area contributed by atoms with Gasteiger partial charge in [-0.2, -0.15) is 0 Å². The van der Waals surface area contributed by atoms with Gasteiger partial charge in [-0.3, -0.25) is 0 Å². The van der Waals surface area contributed by atoms with Crippen molar-refractivity contribution in [1.82, 2.24) is 4.98 Å². The zero-order valence-corrected chi connectivity index (χ0v) is 9.56. The molecular formula is C11H13N3S. The number of thiophene rings is 1. The van der Waals surface area contributed by atoms with Gasteiger partial charge in [-0.15, -0.1) is 11.3 Å². The zero-order valence-electron chi connectivity index (χ0n) is 8.74. The Hall–Kier alpha value is -1.55. The molecule has 0 saturated carbocycles. The van der Waals surface area contributed by atoms with Crippen LogP contribution in [0.15, 0.2) is 23.7 Å². The SMILES string of the molecule is Cc1cc(N)cnc1Nc1sccc1C. The molecule has 2 aromatic rings. The molecule has 78 valence electrons. The van der Waals surface area contributed by atoms with Crippen molar-refractivity contribution in [2.24, 2.45) is 0 Å². The second-order valence-corrected chi connectivity index (χ2v) is 4.41. The summed E-state index contributed by atoms with van der Waals surface area (Å²) < 4.78 is 0. The maximum atomic E-state index is 5.64. The lowest BCUT2D eigenvalue weighted by Gasteiger charge is -2.07. The lowest BCUT2D eigenvalue weighted by atomic mass is 10.2. The van der Waals surface area contributed by atoms with Crippen LogP contribution in [0.1, 0.15) is 11.1 Å². The Bertz CT molecular complexity index is 476. The second-order valence-electron chi connectivity index (χ2n) is 3.49. The smallest absolute Gasteiger partial charge is 0.133 e. The molecule has 0 spiro atoms. The summed E-state index contributed by atoms with van der Waals surface area (Å²) in [5, 5.41) is 6.49. The first-order valence-electron chi connectivity index (χ1n) is 4.70. The molecule has 0 aromatic carbocycles. The molecule has 4 heteroatoms. The number of hydrogen-bond donors (Lipinski definition) is 2. The molecule has 2 aromatic heterocycles. The summed E-state index contributed by atoms with van der Waals surface area (Å²) >= 11 is 1.67. The van der Waals surface area contributed by atoms with Crippen molar-refractivity contribution < 1.29 is 0 Å². The van der Waals surface area contributed by atoms with Gasteiger partial charge in [-0.05, 0) is 42.5 Å². The van der Waals surface area contributed by atoms with Gasteiger partial charge in [0.15, 0.2) is 0 Å². The van der Waals surface area contributed by atoms with Crippen LogP contribution in [0.2, 0.25) is 0 Å². The first kappa shape index (κ1) is 9.98. The van der Waals surface area contributed by atoms with E-state index in [1.165, 1.54) is 5.56 Å². The molecule has 0 bridgehead atoms. The van der Waals surface area contributed by atoms with Crippen molar-refractivity contribution in [2.45, 2.75) is 13.8 Å². The van der Waals surface area contributed by atoms with Crippen molar-refractivity contribution in [3.05, 3.63) is 34.8 Å². The van der Waals surface area contributed by atoms with E-state index >= 15 is 0 Å². The molecule has 0 amide bonds. The number of rotatable bonds is 2. The van der Waals surface area contributed by atoms with Gasteiger partial charge in [0, 0.05) is 0 Å². The number of nitrogen functional groups attached to an aromatic ring is 1. The fourth-order valence-electron chi connectivity index (χ4n) is 1.34. The number of hydrogen-bond acceptors (Lipinski definition) is 4. The summed E-state index contributed by atoms with van der Waals surface area (Å²) in [6, 6.07) is 4.00. The van der Waals surface area contributed by atoms with Crippen LogP contribution in [-0.4, -0.2) is 4.98 Å². The van der Waals surface area contributed by atoms with Crippen LogP contribution >= 0.6 is 11.3 Å². The van der Waals surface area contributed by atoms with Crippen LogP contribution in [0.4, 0.5) is 16.5 Å². The van der Waals surface area contributed by atoms with Gasteiger partial charge >= 0.3 is 0 Å². The third kappa shape index (κ3) is 2.10. The highest BCUT2D eigenvalue weighted by molar-refractivity contribution is 7.14. The molecule has 3 N–H and O–H groups in total. The van der Waals surface area contributed by atoms with E-state index in [9.17, 15) is 0 Å². The number of nitrogens with one attached hydrogen (secondary N) is 1. The van der Waals surface area contributed by atoms with Gasteiger partial charge < -0.3 is 11.1 Å². The summed E-state index contributed by atoms with van der Waals surface area (Å²) in [6.07, 6.45) is 1.66. The number of pyridine rings is 1. The van der Waals surface area contributed by atoms with E-state index < -0.39 is 0 Å². The topological polar surface area (TPSA) is 50.9 Å². The minimum absolute atomic E-state index is 0.695. The third-order valence-electron chi connectivity index (χ3n) is 2.19. The summed E-state index contributed by atoms with van der Waals surface area (Å²) in [6.45, 7) is 4.07. The zero-order chi connectivity index (χ0) is 10.8. The van der Waals surface area contributed by atoms with Crippen LogP contribution in [-0.2, 0) is 0 Å². The normalized spacial score (nSPS) is 10.3. The highest BCUT2D eigenvalue weighted by Crippen LogP contribution is 2.27. The van der Waals surface area contributed by atoms with Gasteiger partial charge in [0.2, 0.25) is 0 Å². The van der Waals surface area contributed by atoms with Crippen LogP contribution in [0, 0.1) is 13.8 Å². The molecule has 0 saturated heterocycles. The fraction of sp³-hybridized carbons (Fsp3) is 0.182. The Labute approximate surface area is 93.0 Å². The van der Waals surface area contributed by atoms with Crippen LogP contribution in [0.5, 0.6) is 0 Å². The molecule has 0 aliphatic carbocycles. The van der Waals surface area contributed by atoms with E-state index in [0.29, 0.717) is 5.69 Å². The summed E-state index contributed by atoms with van der Waals surface area (Å²) in [5.74, 6) is 0.870. The van der Waals surface area contributed by atoms with E-state index in [0.717, 1.165) is 16.4 Å². The van der Waals surface area contributed by atoms with Crippen LogP contribution < -0.4 is 11.1 Å². The maximum Gasteiger partial charge on any atom is 0.133 e. The Morgan fingerprint density at radius 2 is 2.13 bits per heavy atom. The quantitative estimate of drug-likeness (QED) is 0.816. The predicted octanol–water partition coefficient (Wildman–Crippen LogP) is 3.09. The Morgan fingerprint density at radius 3 is 2.73 bits per heavy atom. The fourth-order valence-corrected chi connectivity index (χ4v) is 2.15. The predicted molar refractivity (Wildman–Crippen MR) is 65.7 cm³/mol. The largest absolute Gasteiger partial charge is 0.397 e. The molecule has 2 heterocycles. The van der Waals surface area contributed by atoms with Crippen molar-refractivity contribution in [3.63, 3.8) is 0 Å². The van der Waals surface area contributed by atoms with Gasteiger partial charge in [0.1, 0.15) is 5.82 Å². The van der Waals surface area contributed by atoms with E-state index in [-0.39, 0.29) is 0 Å². The summed E-state index contributed by atoms with van der Waals surface area (Å²) in [4.78, 5) is 4.26.